The van der Waals surface area contributed by atoms with Crippen molar-refractivity contribution < 1.29 is 27.4 Å². The van der Waals surface area contributed by atoms with Gasteiger partial charge in [0.1, 0.15) is 11.6 Å². The van der Waals surface area contributed by atoms with Crippen LogP contribution in [0.3, 0.4) is 0 Å². The molecule has 2 nitrogen and oxygen atoms in total. The Labute approximate surface area is 89.5 Å². The first-order valence-electron chi connectivity index (χ1n) is 4.46. The van der Waals surface area contributed by atoms with E-state index in [1.54, 1.807) is 0 Å². The monoisotopic (exact) mass is 238 g/mol. The molecule has 0 spiro atoms. The van der Waals surface area contributed by atoms with Gasteiger partial charge >= 0.3 is 6.18 Å². The minimum Gasteiger partial charge on any atom is -0.484 e. The van der Waals surface area contributed by atoms with Gasteiger partial charge in [0.25, 0.3) is 0 Å². The lowest BCUT2D eigenvalue weighted by Crippen LogP contribution is -2.19. The Hall–Kier alpha value is -1.30. The summed E-state index contributed by atoms with van der Waals surface area (Å²) in [5, 5.41) is 9.09. The number of alkyl halides is 3. The molecule has 1 rings (SSSR count). The molecule has 0 aliphatic rings. The maximum atomic E-state index is 13.2. The number of aliphatic hydroxyl groups is 1. The van der Waals surface area contributed by atoms with Gasteiger partial charge in [-0.1, -0.05) is 0 Å². The average Bonchev–Trinajstić information content (AvgIpc) is 2.13. The van der Waals surface area contributed by atoms with Gasteiger partial charge in [0.05, 0.1) is 6.10 Å². The summed E-state index contributed by atoms with van der Waals surface area (Å²) in [6, 6.07) is 3.18. The smallest absolute Gasteiger partial charge is 0.422 e. The summed E-state index contributed by atoms with van der Waals surface area (Å²) in [6.45, 7) is -0.116. The number of hydrogen-bond donors (Lipinski definition) is 1. The standard InChI is InChI=1S/C10H10F4O2/c1-6(15)8-3-2-7(4-9(8)11)16-5-10(12,13)14/h2-4,6,15H,5H2,1H3/t6-/m1/s1. The summed E-state index contributed by atoms with van der Waals surface area (Å²) in [6.07, 6.45) is -5.48. The van der Waals surface area contributed by atoms with Gasteiger partial charge in [-0.05, 0) is 19.1 Å². The third kappa shape index (κ3) is 3.69. The largest absolute Gasteiger partial charge is 0.484 e. The van der Waals surface area contributed by atoms with Crippen LogP contribution >= 0.6 is 0 Å². The predicted octanol–water partition coefficient (Wildman–Crippen LogP) is 2.82. The maximum Gasteiger partial charge on any atom is 0.422 e. The Balaban J connectivity index is 2.74. The van der Waals surface area contributed by atoms with Crippen molar-refractivity contribution in [2.45, 2.75) is 19.2 Å². The zero-order valence-corrected chi connectivity index (χ0v) is 8.38. The van der Waals surface area contributed by atoms with E-state index in [1.165, 1.54) is 19.1 Å². The molecule has 0 radical (unpaired) electrons. The Kier molecular flexibility index (Phi) is 3.74. The molecule has 0 aliphatic heterocycles. The minimum atomic E-state index is -4.46. The van der Waals surface area contributed by atoms with Gasteiger partial charge in [-0.3, -0.25) is 0 Å². The highest BCUT2D eigenvalue weighted by molar-refractivity contribution is 5.30. The molecule has 6 heteroatoms. The lowest BCUT2D eigenvalue weighted by atomic mass is 10.1. The number of benzene rings is 1. The Morgan fingerprint density at radius 2 is 2.00 bits per heavy atom. The third-order valence-electron chi connectivity index (χ3n) is 1.82. The SMILES string of the molecule is C[C@@H](O)c1ccc(OCC(F)(F)F)cc1F. The molecule has 0 heterocycles. The number of ether oxygens (including phenoxy) is 1. The molecule has 0 aliphatic carbocycles. The zero-order valence-electron chi connectivity index (χ0n) is 8.38. The number of rotatable bonds is 3. The molecule has 1 N–H and O–H groups in total. The second kappa shape index (κ2) is 4.69. The molecule has 0 aromatic heterocycles. The maximum absolute atomic E-state index is 13.2. The van der Waals surface area contributed by atoms with Crippen molar-refractivity contribution in [1.29, 1.82) is 0 Å². The van der Waals surface area contributed by atoms with E-state index < -0.39 is 24.7 Å². The van der Waals surface area contributed by atoms with Crippen molar-refractivity contribution >= 4 is 0 Å². The molecule has 0 saturated heterocycles. The first-order valence-corrected chi connectivity index (χ1v) is 4.46. The lowest BCUT2D eigenvalue weighted by Gasteiger charge is -2.11. The van der Waals surface area contributed by atoms with Crippen LogP contribution in [0.25, 0.3) is 0 Å². The summed E-state index contributed by atoms with van der Waals surface area (Å²) < 4.78 is 52.9. The van der Waals surface area contributed by atoms with Crippen LogP contribution in [0.15, 0.2) is 18.2 Å². The van der Waals surface area contributed by atoms with Crippen LogP contribution < -0.4 is 4.74 Å². The first kappa shape index (κ1) is 12.8. The van der Waals surface area contributed by atoms with Gasteiger partial charge in [0.15, 0.2) is 6.61 Å². The van der Waals surface area contributed by atoms with Gasteiger partial charge in [-0.25, -0.2) is 4.39 Å². The van der Waals surface area contributed by atoms with Crippen LogP contribution in [0.5, 0.6) is 5.75 Å². The average molecular weight is 238 g/mol. The highest BCUT2D eigenvalue weighted by Crippen LogP contribution is 2.23. The molecule has 1 aromatic rings. The molecule has 90 valence electrons. The van der Waals surface area contributed by atoms with Crippen molar-refractivity contribution in [3.63, 3.8) is 0 Å². The van der Waals surface area contributed by atoms with E-state index in [4.69, 9.17) is 5.11 Å². The molecule has 16 heavy (non-hydrogen) atoms. The van der Waals surface area contributed by atoms with Crippen LogP contribution in [-0.2, 0) is 0 Å². The fourth-order valence-corrected chi connectivity index (χ4v) is 1.10. The minimum absolute atomic E-state index is 0.0133. The van der Waals surface area contributed by atoms with Gasteiger partial charge in [-0.2, -0.15) is 13.2 Å². The number of halogens is 4. The van der Waals surface area contributed by atoms with Crippen molar-refractivity contribution in [2.24, 2.45) is 0 Å². The lowest BCUT2D eigenvalue weighted by molar-refractivity contribution is -0.153. The quantitative estimate of drug-likeness (QED) is 0.820. The van der Waals surface area contributed by atoms with Crippen LogP contribution in [0, 0.1) is 5.82 Å². The van der Waals surface area contributed by atoms with Crippen LogP contribution in [0.2, 0.25) is 0 Å². The van der Waals surface area contributed by atoms with E-state index in [0.717, 1.165) is 6.07 Å². The van der Waals surface area contributed by atoms with Crippen molar-refractivity contribution in [3.05, 3.63) is 29.6 Å². The van der Waals surface area contributed by atoms with Gasteiger partial charge < -0.3 is 9.84 Å². The second-order valence-electron chi connectivity index (χ2n) is 3.26. The van der Waals surface area contributed by atoms with E-state index in [1.807, 2.05) is 0 Å². The molecular formula is C10H10F4O2. The summed E-state index contributed by atoms with van der Waals surface area (Å²) in [5.74, 6) is -1.02. The van der Waals surface area contributed by atoms with E-state index in [2.05, 4.69) is 4.74 Å². The highest BCUT2D eigenvalue weighted by Gasteiger charge is 2.28. The fraction of sp³-hybridized carbons (Fsp3) is 0.400. The van der Waals surface area contributed by atoms with E-state index >= 15 is 0 Å². The van der Waals surface area contributed by atoms with E-state index in [9.17, 15) is 17.6 Å². The topological polar surface area (TPSA) is 29.5 Å². The van der Waals surface area contributed by atoms with Crippen LogP contribution in [0.1, 0.15) is 18.6 Å². The Morgan fingerprint density at radius 3 is 2.44 bits per heavy atom. The van der Waals surface area contributed by atoms with E-state index in [-0.39, 0.29) is 11.3 Å². The number of aliphatic hydroxyl groups excluding tert-OH is 1. The van der Waals surface area contributed by atoms with Crippen LogP contribution in [0.4, 0.5) is 17.6 Å². The molecule has 0 unspecified atom stereocenters. The van der Waals surface area contributed by atoms with Crippen molar-refractivity contribution in [2.75, 3.05) is 6.61 Å². The Morgan fingerprint density at radius 1 is 1.38 bits per heavy atom. The van der Waals surface area contributed by atoms with Gasteiger partial charge in [0.2, 0.25) is 0 Å². The normalized spacial score (nSPS) is 13.6. The van der Waals surface area contributed by atoms with Gasteiger partial charge in [-0.15, -0.1) is 0 Å². The molecule has 0 fully saturated rings. The molecular weight excluding hydrogens is 228 g/mol. The third-order valence-corrected chi connectivity index (χ3v) is 1.82. The van der Waals surface area contributed by atoms with Crippen molar-refractivity contribution in [3.8, 4) is 5.75 Å². The first-order chi connectivity index (χ1) is 7.29. The molecule has 1 aromatic carbocycles. The summed E-state index contributed by atoms with van der Waals surface area (Å²) in [5.41, 5.74) is 0.0133. The second-order valence-corrected chi connectivity index (χ2v) is 3.26. The van der Waals surface area contributed by atoms with E-state index in [0.29, 0.717) is 0 Å². The zero-order chi connectivity index (χ0) is 12.3. The summed E-state index contributed by atoms with van der Waals surface area (Å²) >= 11 is 0. The molecule has 0 amide bonds. The van der Waals surface area contributed by atoms with Crippen LogP contribution in [-0.4, -0.2) is 17.9 Å². The molecule has 1 atom stereocenters. The summed E-state index contributed by atoms with van der Waals surface area (Å²) in [4.78, 5) is 0. The molecule has 0 saturated carbocycles. The molecule has 0 bridgehead atoms. The van der Waals surface area contributed by atoms with Gasteiger partial charge in [0, 0.05) is 11.6 Å². The Bertz CT molecular complexity index is 360. The number of hydrogen-bond acceptors (Lipinski definition) is 2. The summed E-state index contributed by atoms with van der Waals surface area (Å²) in [7, 11) is 0. The fourth-order valence-electron chi connectivity index (χ4n) is 1.10. The predicted molar refractivity (Wildman–Crippen MR) is 48.6 cm³/mol. The highest BCUT2D eigenvalue weighted by atomic mass is 19.4. The van der Waals surface area contributed by atoms with Crippen molar-refractivity contribution in [1.82, 2.24) is 0 Å².